The highest BCUT2D eigenvalue weighted by molar-refractivity contribution is 7.10. The molecule has 3 saturated carbocycles. The molecule has 3 aliphatic rings. The zero-order valence-electron chi connectivity index (χ0n) is 9.23. The normalized spacial score (nSPS) is 33.5. The third kappa shape index (κ3) is 1.21. The molecule has 1 heterocycles. The van der Waals surface area contributed by atoms with E-state index in [1.165, 1.54) is 18.4 Å². The number of carboxylic acids is 1. The van der Waals surface area contributed by atoms with Gasteiger partial charge in [0.15, 0.2) is 5.69 Å². The summed E-state index contributed by atoms with van der Waals surface area (Å²) in [6, 6.07) is 0. The maximum atomic E-state index is 11.3. The molecule has 0 atom stereocenters. The molecule has 1 aromatic heterocycles. The Kier molecular flexibility index (Phi) is 1.93. The van der Waals surface area contributed by atoms with Crippen LogP contribution in [0.1, 0.15) is 34.8 Å². The Morgan fingerprint density at radius 2 is 2.12 bits per heavy atom. The summed E-state index contributed by atoms with van der Waals surface area (Å²) in [6.07, 6.45) is 1.97. The molecule has 2 bridgehead atoms. The van der Waals surface area contributed by atoms with Gasteiger partial charge in [-0.25, -0.2) is 9.78 Å². The number of carboxylic acid groups (broad SMARTS) is 1. The lowest BCUT2D eigenvalue weighted by atomic mass is 9.35. The highest BCUT2D eigenvalue weighted by Crippen LogP contribution is 2.73. The predicted molar refractivity (Wildman–Crippen MR) is 59.1 cm³/mol. The van der Waals surface area contributed by atoms with Gasteiger partial charge in [-0.3, -0.25) is 4.79 Å². The van der Waals surface area contributed by atoms with Crippen LogP contribution in [0.25, 0.3) is 0 Å². The molecule has 90 valence electrons. The van der Waals surface area contributed by atoms with Crippen LogP contribution in [0.5, 0.6) is 0 Å². The summed E-state index contributed by atoms with van der Waals surface area (Å²) in [6.45, 7) is 0. The smallest absolute Gasteiger partial charge is 0.357 e. The molecule has 0 aliphatic heterocycles. The number of aromatic nitrogens is 1. The average molecular weight is 253 g/mol. The number of esters is 1. The first-order valence-corrected chi connectivity index (χ1v) is 6.17. The van der Waals surface area contributed by atoms with E-state index in [0.717, 1.165) is 5.01 Å². The molecular formula is C11H11NO4S. The van der Waals surface area contributed by atoms with Crippen LogP contribution in [0.3, 0.4) is 0 Å². The highest BCUT2D eigenvalue weighted by atomic mass is 32.1. The molecule has 6 heteroatoms. The number of rotatable bonds is 3. The van der Waals surface area contributed by atoms with Gasteiger partial charge in [0, 0.05) is 10.8 Å². The monoisotopic (exact) mass is 253 g/mol. The predicted octanol–water partition coefficient (Wildman–Crippen LogP) is 1.44. The maximum Gasteiger partial charge on any atom is 0.357 e. The van der Waals surface area contributed by atoms with Gasteiger partial charge < -0.3 is 9.84 Å². The summed E-state index contributed by atoms with van der Waals surface area (Å²) in [4.78, 5) is 26.5. The minimum Gasteiger partial charge on any atom is -0.481 e. The molecule has 0 saturated heterocycles. The quantitative estimate of drug-likeness (QED) is 0.825. The summed E-state index contributed by atoms with van der Waals surface area (Å²) in [5, 5.41) is 11.6. The first kappa shape index (κ1) is 10.7. The Morgan fingerprint density at radius 1 is 1.47 bits per heavy atom. The lowest BCUT2D eigenvalue weighted by Gasteiger charge is -2.67. The summed E-state index contributed by atoms with van der Waals surface area (Å²) in [5.74, 6) is -1.14. The second-order valence-electron chi connectivity index (χ2n) is 4.93. The van der Waals surface area contributed by atoms with E-state index < -0.39 is 17.4 Å². The van der Waals surface area contributed by atoms with Crippen LogP contribution >= 0.6 is 11.3 Å². The maximum absolute atomic E-state index is 11.3. The van der Waals surface area contributed by atoms with Gasteiger partial charge in [-0.15, -0.1) is 11.3 Å². The summed E-state index contributed by atoms with van der Waals surface area (Å²) in [5.41, 5.74) is -0.256. The molecule has 5 nitrogen and oxygen atoms in total. The van der Waals surface area contributed by atoms with Crippen molar-refractivity contribution in [1.82, 2.24) is 4.98 Å². The summed E-state index contributed by atoms with van der Waals surface area (Å²) < 4.78 is 4.60. The van der Waals surface area contributed by atoms with E-state index in [0.29, 0.717) is 25.0 Å². The fraction of sp³-hybridized carbons (Fsp3) is 0.545. The van der Waals surface area contributed by atoms with Crippen molar-refractivity contribution in [2.24, 2.45) is 5.41 Å². The van der Waals surface area contributed by atoms with Gasteiger partial charge in [-0.05, 0) is 19.3 Å². The van der Waals surface area contributed by atoms with E-state index in [9.17, 15) is 9.59 Å². The number of hydrogen-bond acceptors (Lipinski definition) is 5. The molecule has 4 rings (SSSR count). The first-order valence-electron chi connectivity index (χ1n) is 5.29. The van der Waals surface area contributed by atoms with Crippen LogP contribution in [-0.4, -0.2) is 29.1 Å². The van der Waals surface area contributed by atoms with Crippen molar-refractivity contribution < 1.29 is 19.4 Å². The van der Waals surface area contributed by atoms with Crippen molar-refractivity contribution in [3.05, 3.63) is 16.1 Å². The number of ether oxygens (including phenoxy) is 1. The highest BCUT2D eigenvalue weighted by Gasteiger charge is 2.73. The van der Waals surface area contributed by atoms with Crippen LogP contribution in [0.2, 0.25) is 0 Å². The van der Waals surface area contributed by atoms with Gasteiger partial charge in [0.25, 0.3) is 0 Å². The van der Waals surface area contributed by atoms with Crippen LogP contribution in [0.4, 0.5) is 0 Å². The van der Waals surface area contributed by atoms with Gasteiger partial charge in [-0.2, -0.15) is 0 Å². The van der Waals surface area contributed by atoms with Crippen LogP contribution in [0, 0.1) is 5.41 Å². The molecule has 0 radical (unpaired) electrons. The summed E-state index contributed by atoms with van der Waals surface area (Å²) in [7, 11) is 1.32. The molecular weight excluding hydrogens is 242 g/mol. The largest absolute Gasteiger partial charge is 0.481 e. The van der Waals surface area contributed by atoms with Crippen molar-refractivity contribution in [2.45, 2.75) is 24.7 Å². The SMILES string of the molecule is COC(=O)c1csc(C23CC(C(=O)O)(C2)C3)n1. The molecule has 0 unspecified atom stereocenters. The Morgan fingerprint density at radius 3 is 2.65 bits per heavy atom. The lowest BCUT2D eigenvalue weighted by molar-refractivity contribution is -0.194. The molecule has 1 N–H and O–H groups in total. The lowest BCUT2D eigenvalue weighted by Crippen LogP contribution is -2.67. The number of hydrogen-bond donors (Lipinski definition) is 1. The van der Waals surface area contributed by atoms with Gasteiger partial charge >= 0.3 is 11.9 Å². The number of methoxy groups -OCH3 is 1. The Labute approximate surface area is 101 Å². The van der Waals surface area contributed by atoms with Crippen molar-refractivity contribution >= 4 is 23.3 Å². The van der Waals surface area contributed by atoms with E-state index in [4.69, 9.17) is 5.11 Å². The molecule has 0 amide bonds. The number of thiazole rings is 1. The second-order valence-corrected chi connectivity index (χ2v) is 5.78. The third-order valence-corrected chi connectivity index (χ3v) is 4.93. The van der Waals surface area contributed by atoms with Gasteiger partial charge in [-0.1, -0.05) is 0 Å². The van der Waals surface area contributed by atoms with E-state index >= 15 is 0 Å². The van der Waals surface area contributed by atoms with Crippen molar-refractivity contribution in [1.29, 1.82) is 0 Å². The van der Waals surface area contributed by atoms with Crippen LogP contribution in [-0.2, 0) is 14.9 Å². The zero-order valence-corrected chi connectivity index (χ0v) is 10.0. The first-order chi connectivity index (χ1) is 8.01. The van der Waals surface area contributed by atoms with Gasteiger partial charge in [0.1, 0.15) is 0 Å². The van der Waals surface area contributed by atoms with Crippen LogP contribution in [0.15, 0.2) is 5.38 Å². The van der Waals surface area contributed by atoms with Crippen molar-refractivity contribution in [2.75, 3.05) is 7.11 Å². The van der Waals surface area contributed by atoms with E-state index in [2.05, 4.69) is 9.72 Å². The molecule has 3 aliphatic carbocycles. The fourth-order valence-corrected chi connectivity index (χ4v) is 3.95. The van der Waals surface area contributed by atoms with E-state index in [1.54, 1.807) is 5.38 Å². The van der Waals surface area contributed by atoms with Crippen LogP contribution < -0.4 is 0 Å². The standard InChI is InChI=1S/C11H11NO4S/c1-16-7(13)6-2-17-8(12-6)10-3-11(4-10,5-10)9(14)15/h2H,3-5H2,1H3,(H,14,15). The number of aliphatic carboxylic acids is 1. The molecule has 0 aromatic carbocycles. The zero-order chi connectivity index (χ0) is 12.3. The molecule has 3 fully saturated rings. The number of carbonyl (C=O) groups is 2. The molecule has 0 spiro atoms. The Bertz CT molecular complexity index is 502. The minimum absolute atomic E-state index is 0.0741. The number of carbonyl (C=O) groups excluding carboxylic acids is 1. The molecule has 17 heavy (non-hydrogen) atoms. The van der Waals surface area contributed by atoms with Gasteiger partial charge in [0.05, 0.1) is 17.5 Å². The fourth-order valence-electron chi connectivity index (χ4n) is 2.96. The second kappa shape index (κ2) is 3.07. The van der Waals surface area contributed by atoms with E-state index in [-0.39, 0.29) is 5.41 Å². The average Bonchev–Trinajstić information content (AvgIpc) is 2.61. The Hall–Kier alpha value is -1.43. The van der Waals surface area contributed by atoms with E-state index in [1.807, 2.05) is 0 Å². The third-order valence-electron chi connectivity index (χ3n) is 3.84. The van der Waals surface area contributed by atoms with Gasteiger partial charge in [0.2, 0.25) is 0 Å². The topological polar surface area (TPSA) is 76.5 Å². The Balaban J connectivity index is 1.79. The molecule has 1 aromatic rings. The number of nitrogens with zero attached hydrogens (tertiary/aromatic N) is 1. The van der Waals surface area contributed by atoms with Crippen molar-refractivity contribution in [3.8, 4) is 0 Å². The van der Waals surface area contributed by atoms with Crippen molar-refractivity contribution in [3.63, 3.8) is 0 Å². The minimum atomic E-state index is -0.705. The summed E-state index contributed by atoms with van der Waals surface area (Å²) >= 11 is 1.42.